The molecule has 1 saturated heterocycles. The molecule has 0 amide bonds. The van der Waals surface area contributed by atoms with Gasteiger partial charge in [-0.2, -0.15) is 0 Å². The van der Waals surface area contributed by atoms with Crippen LogP contribution in [0, 0.1) is 12.3 Å². The second-order valence-corrected chi connectivity index (χ2v) is 15.2. The predicted octanol–water partition coefficient (Wildman–Crippen LogP) is 6.53. The summed E-state index contributed by atoms with van der Waals surface area (Å²) < 4.78 is 29.7. The second kappa shape index (κ2) is 9.40. The van der Waals surface area contributed by atoms with Gasteiger partial charge in [-0.25, -0.2) is 8.42 Å². The van der Waals surface area contributed by atoms with Crippen molar-refractivity contribution in [2.75, 3.05) is 25.5 Å². The van der Waals surface area contributed by atoms with E-state index in [0.717, 1.165) is 90.9 Å². The molecule has 3 heterocycles. The summed E-state index contributed by atoms with van der Waals surface area (Å²) in [5.41, 5.74) is 2.78. The van der Waals surface area contributed by atoms with Crippen LogP contribution in [0.2, 0.25) is 5.02 Å². The fourth-order valence-corrected chi connectivity index (χ4v) is 9.98. The van der Waals surface area contributed by atoms with E-state index >= 15 is 0 Å². The van der Waals surface area contributed by atoms with Gasteiger partial charge in [0.2, 0.25) is 0 Å². The SMILES string of the molecule is Cc1cc(S(=O)(=O)C2CC3(CCN(C)CC3)C2)ccc1Nc1cc2c(cc(Cl)c(=O)n2C2CCCC2)s1. The molecule has 1 aliphatic heterocycles. The molecular formula is C28H34ClN3O3S2. The first kappa shape index (κ1) is 25.4. The van der Waals surface area contributed by atoms with Gasteiger partial charge in [-0.3, -0.25) is 4.79 Å². The van der Waals surface area contributed by atoms with Crippen LogP contribution in [-0.4, -0.2) is 43.3 Å². The monoisotopic (exact) mass is 559 g/mol. The Kier molecular flexibility index (Phi) is 6.46. The van der Waals surface area contributed by atoms with Gasteiger partial charge in [0.1, 0.15) is 5.02 Å². The number of thiophene rings is 1. The third-order valence-electron chi connectivity index (χ3n) is 8.96. The number of hydrogen-bond donors (Lipinski definition) is 1. The maximum atomic E-state index is 13.4. The molecule has 1 aromatic carbocycles. The van der Waals surface area contributed by atoms with Gasteiger partial charge < -0.3 is 14.8 Å². The van der Waals surface area contributed by atoms with E-state index in [4.69, 9.17) is 11.6 Å². The van der Waals surface area contributed by atoms with Crippen molar-refractivity contribution in [3.05, 3.63) is 51.3 Å². The quantitative estimate of drug-likeness (QED) is 0.385. The fourth-order valence-electron chi connectivity index (χ4n) is 6.58. The summed E-state index contributed by atoms with van der Waals surface area (Å²) in [7, 11) is -1.20. The number of halogens is 1. The molecule has 3 fully saturated rings. The smallest absolute Gasteiger partial charge is 0.270 e. The standard InChI is InChI=1S/C28H34ClN3O3S2/c1-18-13-20(37(34,35)21-16-28(17-21)9-11-31(2)12-10-28)7-8-23(18)30-26-15-24-25(36-26)14-22(29)27(33)32(24)19-5-3-4-6-19/h7-8,13-15,19,21,30H,3-6,9-12,16-17H2,1-2H3. The fraction of sp³-hybridized carbons (Fsp3) is 0.536. The van der Waals surface area contributed by atoms with E-state index in [9.17, 15) is 13.2 Å². The Balaban J connectivity index is 1.22. The lowest BCUT2D eigenvalue weighted by Crippen LogP contribution is -2.50. The molecule has 3 aromatic rings. The van der Waals surface area contributed by atoms with E-state index in [-0.39, 0.29) is 27.3 Å². The molecule has 3 aliphatic rings. The Morgan fingerprint density at radius 1 is 1.08 bits per heavy atom. The number of nitrogens with one attached hydrogen (secondary N) is 1. The number of pyridine rings is 1. The highest BCUT2D eigenvalue weighted by molar-refractivity contribution is 7.92. The molecule has 198 valence electrons. The summed E-state index contributed by atoms with van der Waals surface area (Å²) >= 11 is 7.88. The van der Waals surface area contributed by atoms with Crippen LogP contribution in [-0.2, 0) is 9.84 Å². The largest absolute Gasteiger partial charge is 0.347 e. The predicted molar refractivity (Wildman–Crippen MR) is 152 cm³/mol. The zero-order chi connectivity index (χ0) is 25.9. The van der Waals surface area contributed by atoms with Gasteiger partial charge in [0.25, 0.3) is 5.56 Å². The van der Waals surface area contributed by atoms with Crippen molar-refractivity contribution >= 4 is 53.7 Å². The summed E-state index contributed by atoms with van der Waals surface area (Å²) in [6.45, 7) is 4.07. The van der Waals surface area contributed by atoms with Crippen molar-refractivity contribution in [1.82, 2.24) is 9.47 Å². The summed E-state index contributed by atoms with van der Waals surface area (Å²) in [6.07, 6.45) is 8.05. The Hall–Kier alpha value is -1.87. The number of sulfone groups is 1. The van der Waals surface area contributed by atoms with Crippen LogP contribution in [0.4, 0.5) is 10.7 Å². The number of likely N-dealkylation sites (tertiary alicyclic amines) is 1. The minimum atomic E-state index is -3.34. The van der Waals surface area contributed by atoms with E-state index in [1.54, 1.807) is 29.5 Å². The number of hydrogen-bond acceptors (Lipinski definition) is 6. The van der Waals surface area contributed by atoms with Crippen LogP contribution in [0.1, 0.15) is 63.0 Å². The zero-order valence-corrected chi connectivity index (χ0v) is 23.8. The lowest BCUT2D eigenvalue weighted by atomic mass is 9.63. The molecule has 9 heteroatoms. The molecule has 2 aliphatic carbocycles. The van der Waals surface area contributed by atoms with Crippen LogP contribution >= 0.6 is 22.9 Å². The number of anilines is 2. The van der Waals surface area contributed by atoms with Crippen LogP contribution in [0.3, 0.4) is 0 Å². The molecule has 1 spiro atoms. The van der Waals surface area contributed by atoms with Crippen LogP contribution in [0.25, 0.3) is 10.2 Å². The number of piperidine rings is 1. The molecule has 37 heavy (non-hydrogen) atoms. The molecule has 6 nitrogen and oxygen atoms in total. The average molecular weight is 560 g/mol. The Morgan fingerprint density at radius 3 is 2.46 bits per heavy atom. The number of aryl methyl sites for hydroxylation is 1. The van der Waals surface area contributed by atoms with Crippen molar-refractivity contribution in [2.24, 2.45) is 5.41 Å². The normalized spacial score (nSPS) is 21.1. The van der Waals surface area contributed by atoms with Crippen molar-refractivity contribution < 1.29 is 8.42 Å². The minimum absolute atomic E-state index is 0.117. The molecule has 0 unspecified atom stereocenters. The molecule has 1 N–H and O–H groups in total. The molecule has 2 saturated carbocycles. The summed E-state index contributed by atoms with van der Waals surface area (Å²) in [5, 5.41) is 4.36. The van der Waals surface area contributed by atoms with Gasteiger partial charge >= 0.3 is 0 Å². The van der Waals surface area contributed by atoms with Gasteiger partial charge in [-0.1, -0.05) is 24.4 Å². The minimum Gasteiger partial charge on any atom is -0.347 e. The molecule has 0 radical (unpaired) electrons. The molecule has 0 atom stereocenters. The first-order valence-electron chi connectivity index (χ1n) is 13.3. The van der Waals surface area contributed by atoms with E-state index in [1.165, 1.54) is 0 Å². The van der Waals surface area contributed by atoms with Crippen LogP contribution in [0.5, 0.6) is 0 Å². The van der Waals surface area contributed by atoms with E-state index in [1.807, 2.05) is 23.6 Å². The average Bonchev–Trinajstić information content (AvgIpc) is 3.50. The van der Waals surface area contributed by atoms with Crippen LogP contribution < -0.4 is 10.9 Å². The number of rotatable bonds is 5. The maximum Gasteiger partial charge on any atom is 0.270 e. The highest BCUT2D eigenvalue weighted by Crippen LogP contribution is 2.52. The summed E-state index contributed by atoms with van der Waals surface area (Å²) in [4.78, 5) is 15.6. The molecule has 0 bridgehead atoms. The highest BCUT2D eigenvalue weighted by atomic mass is 35.5. The summed E-state index contributed by atoms with van der Waals surface area (Å²) in [5.74, 6) is 0. The van der Waals surface area contributed by atoms with Gasteiger partial charge in [0.05, 0.1) is 25.4 Å². The van der Waals surface area contributed by atoms with Gasteiger partial charge in [-0.05, 0) is 107 Å². The maximum absolute atomic E-state index is 13.4. The number of fused-ring (bicyclic) bond motifs is 1. The highest BCUT2D eigenvalue weighted by Gasteiger charge is 2.50. The lowest BCUT2D eigenvalue weighted by Gasteiger charge is -2.51. The summed E-state index contributed by atoms with van der Waals surface area (Å²) in [6, 6.07) is 9.39. The number of aromatic nitrogens is 1. The Bertz CT molecular complexity index is 1510. The molecular weight excluding hydrogens is 526 g/mol. The van der Waals surface area contributed by atoms with E-state index < -0.39 is 9.84 Å². The molecule has 6 rings (SSSR count). The van der Waals surface area contributed by atoms with E-state index in [2.05, 4.69) is 17.3 Å². The van der Waals surface area contributed by atoms with Crippen molar-refractivity contribution in [2.45, 2.75) is 74.5 Å². The Labute approximate surface area is 227 Å². The van der Waals surface area contributed by atoms with Crippen molar-refractivity contribution in [3.63, 3.8) is 0 Å². The van der Waals surface area contributed by atoms with E-state index in [0.29, 0.717) is 4.90 Å². The first-order chi connectivity index (χ1) is 17.6. The van der Waals surface area contributed by atoms with Crippen LogP contribution in [0.15, 0.2) is 40.0 Å². The van der Waals surface area contributed by atoms with Gasteiger partial charge in [0.15, 0.2) is 9.84 Å². The third kappa shape index (κ3) is 4.54. The number of benzene rings is 1. The first-order valence-corrected chi connectivity index (χ1v) is 16.0. The lowest BCUT2D eigenvalue weighted by molar-refractivity contribution is 0.0465. The second-order valence-electron chi connectivity index (χ2n) is 11.4. The Morgan fingerprint density at radius 2 is 1.78 bits per heavy atom. The molecule has 2 aromatic heterocycles. The topological polar surface area (TPSA) is 71.4 Å². The van der Waals surface area contributed by atoms with Crippen molar-refractivity contribution in [3.8, 4) is 0 Å². The van der Waals surface area contributed by atoms with Gasteiger partial charge in [-0.15, -0.1) is 11.3 Å². The zero-order valence-electron chi connectivity index (χ0n) is 21.4. The van der Waals surface area contributed by atoms with Gasteiger partial charge in [0, 0.05) is 11.7 Å². The third-order valence-corrected chi connectivity index (χ3v) is 12.3. The van der Waals surface area contributed by atoms with Crippen molar-refractivity contribution in [1.29, 1.82) is 0 Å². The number of nitrogens with zero attached hydrogens (tertiary/aromatic N) is 2.